The minimum Gasteiger partial charge on any atom is -0.493 e. The maximum Gasteiger partial charge on any atom is 0.228 e. The fourth-order valence-corrected chi connectivity index (χ4v) is 4.44. The molecule has 1 aliphatic rings. The third-order valence-corrected chi connectivity index (χ3v) is 6.21. The first-order valence-electron chi connectivity index (χ1n) is 11.4. The van der Waals surface area contributed by atoms with E-state index in [9.17, 15) is 5.11 Å². The SMILES string of the molecule is COc1cc(-n2cnc(Nc3nc(N4CCC[C@H]4CO)nc4ccccc34)c2)cc(OC)c1OC. The summed E-state index contributed by atoms with van der Waals surface area (Å²) in [7, 11) is 4.74. The lowest BCUT2D eigenvalue weighted by molar-refractivity contribution is 0.265. The Kier molecular flexibility index (Phi) is 6.28. The largest absolute Gasteiger partial charge is 0.493 e. The molecule has 0 unspecified atom stereocenters. The van der Waals surface area contributed by atoms with Crippen LogP contribution >= 0.6 is 0 Å². The van der Waals surface area contributed by atoms with Crippen molar-refractivity contribution in [1.82, 2.24) is 19.5 Å². The van der Waals surface area contributed by atoms with Crippen LogP contribution < -0.4 is 24.4 Å². The van der Waals surface area contributed by atoms with Crippen molar-refractivity contribution in [2.45, 2.75) is 18.9 Å². The number of aromatic nitrogens is 4. The normalized spacial score (nSPS) is 15.4. The van der Waals surface area contributed by atoms with E-state index in [1.165, 1.54) is 0 Å². The van der Waals surface area contributed by atoms with Crippen molar-refractivity contribution >= 4 is 28.5 Å². The van der Waals surface area contributed by atoms with Gasteiger partial charge in [0.05, 0.1) is 51.4 Å². The molecule has 1 fully saturated rings. The molecule has 10 heteroatoms. The number of benzene rings is 2. The summed E-state index contributed by atoms with van der Waals surface area (Å²) in [5.41, 5.74) is 1.63. The molecule has 0 amide bonds. The number of methoxy groups -OCH3 is 3. The number of nitrogens with zero attached hydrogens (tertiary/aromatic N) is 5. The van der Waals surface area contributed by atoms with Crippen LogP contribution in [0.4, 0.5) is 17.6 Å². The summed E-state index contributed by atoms with van der Waals surface area (Å²) in [6.45, 7) is 0.900. The van der Waals surface area contributed by atoms with Gasteiger partial charge in [0.15, 0.2) is 11.5 Å². The molecule has 182 valence electrons. The highest BCUT2D eigenvalue weighted by atomic mass is 16.5. The van der Waals surface area contributed by atoms with Crippen LogP contribution in [0.2, 0.25) is 0 Å². The maximum atomic E-state index is 9.78. The molecule has 2 aromatic heterocycles. The van der Waals surface area contributed by atoms with Gasteiger partial charge in [-0.2, -0.15) is 4.98 Å². The summed E-state index contributed by atoms with van der Waals surface area (Å²) in [5.74, 6) is 3.52. The van der Waals surface area contributed by atoms with Crippen LogP contribution in [0.1, 0.15) is 12.8 Å². The van der Waals surface area contributed by atoms with E-state index in [0.29, 0.717) is 34.8 Å². The highest BCUT2D eigenvalue weighted by Crippen LogP contribution is 2.39. The molecule has 1 aliphatic heterocycles. The summed E-state index contributed by atoms with van der Waals surface area (Å²) in [4.78, 5) is 16.2. The van der Waals surface area contributed by atoms with Gasteiger partial charge >= 0.3 is 0 Å². The Balaban J connectivity index is 1.50. The molecule has 0 radical (unpaired) electrons. The first-order valence-corrected chi connectivity index (χ1v) is 11.4. The summed E-state index contributed by atoms with van der Waals surface area (Å²) < 4.78 is 18.2. The Hall–Kier alpha value is -4.05. The Morgan fingerprint density at radius 1 is 1.06 bits per heavy atom. The fraction of sp³-hybridized carbons (Fsp3) is 0.320. The number of hydrogen-bond acceptors (Lipinski definition) is 9. The summed E-state index contributed by atoms with van der Waals surface area (Å²) in [6, 6.07) is 11.6. The van der Waals surface area contributed by atoms with Crippen molar-refractivity contribution in [3.63, 3.8) is 0 Å². The van der Waals surface area contributed by atoms with E-state index >= 15 is 0 Å². The first kappa shape index (κ1) is 22.7. The van der Waals surface area contributed by atoms with Crippen LogP contribution in [0.5, 0.6) is 17.2 Å². The number of fused-ring (bicyclic) bond motifs is 1. The van der Waals surface area contributed by atoms with Gasteiger partial charge in [0, 0.05) is 24.1 Å². The van der Waals surface area contributed by atoms with E-state index in [2.05, 4.69) is 15.2 Å². The molecule has 3 heterocycles. The second-order valence-corrected chi connectivity index (χ2v) is 8.24. The summed E-state index contributed by atoms with van der Waals surface area (Å²) in [6.07, 6.45) is 5.50. The van der Waals surface area contributed by atoms with E-state index in [-0.39, 0.29) is 12.6 Å². The molecule has 1 saturated heterocycles. The summed E-state index contributed by atoms with van der Waals surface area (Å²) >= 11 is 0. The lowest BCUT2D eigenvalue weighted by atomic mass is 10.2. The number of hydrogen-bond donors (Lipinski definition) is 2. The average Bonchev–Trinajstić information content (AvgIpc) is 3.57. The maximum absolute atomic E-state index is 9.78. The number of rotatable bonds is 8. The first-order chi connectivity index (χ1) is 17.1. The van der Waals surface area contributed by atoms with Gasteiger partial charge in [-0.1, -0.05) is 12.1 Å². The van der Waals surface area contributed by atoms with Crippen LogP contribution in [0.15, 0.2) is 48.9 Å². The van der Waals surface area contributed by atoms with Crippen molar-refractivity contribution in [2.75, 3.05) is 44.7 Å². The Labute approximate surface area is 203 Å². The highest BCUT2D eigenvalue weighted by Gasteiger charge is 2.27. The smallest absolute Gasteiger partial charge is 0.228 e. The molecule has 5 rings (SSSR count). The van der Waals surface area contributed by atoms with E-state index in [1.807, 2.05) is 47.2 Å². The highest BCUT2D eigenvalue weighted by molar-refractivity contribution is 5.91. The molecule has 4 aromatic rings. The standard InChI is InChI=1S/C25H28N6O4/c1-33-20-11-17(12-21(34-2)23(20)35-3)30-13-22(26-15-30)28-24-18-8-4-5-9-19(18)27-25(29-24)31-10-6-7-16(31)14-32/h4-5,8-9,11-13,15-16,32H,6-7,10,14H2,1-3H3,(H,27,28,29)/t16-/m0/s1. The quantitative estimate of drug-likeness (QED) is 0.395. The monoisotopic (exact) mass is 476 g/mol. The number of aliphatic hydroxyl groups is 1. The van der Waals surface area contributed by atoms with Crippen molar-refractivity contribution in [3.05, 3.63) is 48.9 Å². The third-order valence-electron chi connectivity index (χ3n) is 6.21. The third kappa shape index (κ3) is 4.28. The molecule has 35 heavy (non-hydrogen) atoms. The van der Waals surface area contributed by atoms with Crippen LogP contribution in [0.25, 0.3) is 16.6 Å². The molecule has 1 atom stereocenters. The van der Waals surface area contributed by atoms with Crippen molar-refractivity contribution in [3.8, 4) is 22.9 Å². The molecule has 0 bridgehead atoms. The van der Waals surface area contributed by atoms with Gasteiger partial charge < -0.3 is 34.1 Å². The molecule has 2 N–H and O–H groups in total. The van der Waals surface area contributed by atoms with Gasteiger partial charge in [0.25, 0.3) is 0 Å². The Morgan fingerprint density at radius 2 is 1.83 bits per heavy atom. The van der Waals surface area contributed by atoms with Gasteiger partial charge in [0.1, 0.15) is 18.0 Å². The zero-order valence-electron chi connectivity index (χ0n) is 19.9. The second-order valence-electron chi connectivity index (χ2n) is 8.24. The van der Waals surface area contributed by atoms with Gasteiger partial charge in [0.2, 0.25) is 11.7 Å². The number of nitrogens with one attached hydrogen (secondary N) is 1. The molecule has 2 aromatic carbocycles. The zero-order valence-corrected chi connectivity index (χ0v) is 19.9. The number of aliphatic hydroxyl groups excluding tert-OH is 1. The van der Waals surface area contributed by atoms with Crippen LogP contribution in [0.3, 0.4) is 0 Å². The van der Waals surface area contributed by atoms with Gasteiger partial charge in [-0.25, -0.2) is 9.97 Å². The molecular weight excluding hydrogens is 448 g/mol. The minimum atomic E-state index is 0.0308. The lowest BCUT2D eigenvalue weighted by Crippen LogP contribution is -2.33. The minimum absolute atomic E-state index is 0.0308. The van der Waals surface area contributed by atoms with Gasteiger partial charge in [-0.15, -0.1) is 0 Å². The lowest BCUT2D eigenvalue weighted by Gasteiger charge is -2.23. The number of anilines is 3. The van der Waals surface area contributed by atoms with Crippen molar-refractivity contribution in [2.24, 2.45) is 0 Å². The van der Waals surface area contributed by atoms with Crippen LogP contribution in [-0.2, 0) is 0 Å². The van der Waals surface area contributed by atoms with Gasteiger partial charge in [-0.3, -0.25) is 0 Å². The number of imidazole rings is 1. The van der Waals surface area contributed by atoms with Crippen molar-refractivity contribution < 1.29 is 19.3 Å². The molecule has 0 aliphatic carbocycles. The molecule has 0 spiro atoms. The predicted molar refractivity (Wildman–Crippen MR) is 133 cm³/mol. The van der Waals surface area contributed by atoms with E-state index in [1.54, 1.807) is 27.7 Å². The topological polar surface area (TPSA) is 107 Å². The average molecular weight is 477 g/mol. The fourth-order valence-electron chi connectivity index (χ4n) is 4.44. The number of para-hydroxylation sites is 1. The molecule has 10 nitrogen and oxygen atoms in total. The zero-order chi connectivity index (χ0) is 24.4. The molecular formula is C25H28N6O4. The second kappa shape index (κ2) is 9.67. The van der Waals surface area contributed by atoms with Crippen LogP contribution in [-0.4, -0.2) is 65.1 Å². The van der Waals surface area contributed by atoms with E-state index < -0.39 is 0 Å². The molecule has 0 saturated carbocycles. The Bertz CT molecular complexity index is 1320. The van der Waals surface area contributed by atoms with E-state index in [4.69, 9.17) is 24.2 Å². The summed E-state index contributed by atoms with van der Waals surface area (Å²) in [5, 5.41) is 14.0. The van der Waals surface area contributed by atoms with Crippen LogP contribution in [0, 0.1) is 0 Å². The van der Waals surface area contributed by atoms with Gasteiger partial charge in [-0.05, 0) is 25.0 Å². The van der Waals surface area contributed by atoms with E-state index in [0.717, 1.165) is 36.0 Å². The number of ether oxygens (including phenoxy) is 3. The van der Waals surface area contributed by atoms with Crippen molar-refractivity contribution in [1.29, 1.82) is 0 Å². The Morgan fingerprint density at radius 3 is 2.54 bits per heavy atom. The predicted octanol–water partition coefficient (Wildman–Crippen LogP) is 3.55.